The number of fused-ring (bicyclic) bond motifs is 2. The highest BCUT2D eigenvalue weighted by Gasteiger charge is 1.98. The summed E-state index contributed by atoms with van der Waals surface area (Å²) in [4.78, 5) is 2.08. The summed E-state index contributed by atoms with van der Waals surface area (Å²) in [5.74, 6) is 0.597. The first-order valence-corrected chi connectivity index (χ1v) is 13.6. The summed E-state index contributed by atoms with van der Waals surface area (Å²) in [5, 5.41) is 23.4. The molecule has 0 radical (unpaired) electrons. The maximum atomic E-state index is 9.52. The number of hydrogen-bond acceptors (Lipinski definition) is 3. The molecule has 0 bridgehead atoms. The van der Waals surface area contributed by atoms with Crippen molar-refractivity contribution in [3.8, 4) is 11.5 Å². The smallest absolute Gasteiger partial charge is 0.116 e. The predicted octanol–water partition coefficient (Wildman–Crippen LogP) is 9.50. The van der Waals surface area contributed by atoms with Crippen molar-refractivity contribution < 1.29 is 10.2 Å². The Bertz CT molecular complexity index is 1810. The largest absolute Gasteiger partial charge is 0.508 e. The standard InChI is InChI=1S/C22H16O.C16H17NO/c23-22-12-11-20-14-17(8-10-21(20)15-22)6-5-16-7-9-18-3-1-2-4-19(18)13-16;1-17(2)15-9-5-13(6-10-15)3-4-14-7-11-16(18)12-8-14/h1-15,23H;3-12,18H,1-2H3/b6-5-;4-3-. The van der Waals surface area contributed by atoms with E-state index in [0.717, 1.165) is 27.5 Å². The van der Waals surface area contributed by atoms with E-state index in [1.54, 1.807) is 24.3 Å². The van der Waals surface area contributed by atoms with Gasteiger partial charge in [0.25, 0.3) is 0 Å². The zero-order valence-corrected chi connectivity index (χ0v) is 23.3. The van der Waals surface area contributed by atoms with Crippen molar-refractivity contribution in [1.82, 2.24) is 0 Å². The summed E-state index contributed by atoms with van der Waals surface area (Å²) in [6, 6.07) is 42.1. The SMILES string of the molecule is CN(C)c1ccc(/C=C\c2ccc(O)cc2)cc1.Oc1ccc2cc(/C=C\c3ccc4ccccc4c3)ccc2c1. The Morgan fingerprint density at radius 2 is 0.829 bits per heavy atom. The summed E-state index contributed by atoms with van der Waals surface area (Å²) in [6.07, 6.45) is 8.35. The fourth-order valence-corrected chi connectivity index (χ4v) is 4.52. The zero-order valence-electron chi connectivity index (χ0n) is 23.3. The molecule has 0 spiro atoms. The van der Waals surface area contributed by atoms with Crippen molar-refractivity contribution in [1.29, 1.82) is 0 Å². The third kappa shape index (κ3) is 7.43. The van der Waals surface area contributed by atoms with Gasteiger partial charge in [0.1, 0.15) is 11.5 Å². The van der Waals surface area contributed by atoms with Gasteiger partial charge < -0.3 is 15.1 Å². The lowest BCUT2D eigenvalue weighted by Gasteiger charge is -2.11. The van der Waals surface area contributed by atoms with E-state index in [2.05, 4.69) is 102 Å². The number of hydrogen-bond donors (Lipinski definition) is 2. The second-order valence-corrected chi connectivity index (χ2v) is 10.1. The van der Waals surface area contributed by atoms with E-state index in [1.807, 2.05) is 44.4 Å². The highest BCUT2D eigenvalue weighted by Crippen LogP contribution is 2.23. The van der Waals surface area contributed by atoms with Gasteiger partial charge in [0.15, 0.2) is 0 Å². The molecule has 202 valence electrons. The van der Waals surface area contributed by atoms with Crippen LogP contribution in [0.2, 0.25) is 0 Å². The molecule has 0 aliphatic heterocycles. The van der Waals surface area contributed by atoms with Gasteiger partial charge >= 0.3 is 0 Å². The molecule has 0 fully saturated rings. The van der Waals surface area contributed by atoms with E-state index in [-0.39, 0.29) is 0 Å². The number of aromatic hydroxyl groups is 2. The molecule has 0 aliphatic carbocycles. The molecule has 6 aromatic rings. The lowest BCUT2D eigenvalue weighted by molar-refractivity contribution is 0.475. The van der Waals surface area contributed by atoms with E-state index >= 15 is 0 Å². The number of benzene rings is 6. The van der Waals surface area contributed by atoms with Crippen LogP contribution >= 0.6 is 0 Å². The van der Waals surface area contributed by atoms with E-state index < -0.39 is 0 Å². The average Bonchev–Trinajstić information content (AvgIpc) is 3.00. The molecule has 0 aromatic heterocycles. The normalized spacial score (nSPS) is 11.2. The Kier molecular flexibility index (Phi) is 8.46. The minimum atomic E-state index is 0.294. The first kappa shape index (κ1) is 27.3. The molecule has 6 aromatic carbocycles. The Labute approximate surface area is 241 Å². The van der Waals surface area contributed by atoms with Crippen LogP contribution in [-0.4, -0.2) is 24.3 Å². The Balaban J connectivity index is 0.000000170. The van der Waals surface area contributed by atoms with Crippen LogP contribution in [0.4, 0.5) is 5.69 Å². The number of anilines is 1. The topological polar surface area (TPSA) is 43.7 Å². The summed E-state index contributed by atoms with van der Waals surface area (Å²) in [5.41, 5.74) is 5.76. The first-order valence-electron chi connectivity index (χ1n) is 13.6. The fraction of sp³-hybridized carbons (Fsp3) is 0.0526. The highest BCUT2D eigenvalue weighted by molar-refractivity contribution is 5.89. The Hall–Kier alpha value is -5.28. The van der Waals surface area contributed by atoms with Crippen molar-refractivity contribution >= 4 is 51.5 Å². The van der Waals surface area contributed by atoms with Gasteiger partial charge in [-0.2, -0.15) is 0 Å². The third-order valence-corrected chi connectivity index (χ3v) is 6.86. The predicted molar refractivity (Wildman–Crippen MR) is 176 cm³/mol. The van der Waals surface area contributed by atoms with Gasteiger partial charge in [0.2, 0.25) is 0 Å². The van der Waals surface area contributed by atoms with Crippen LogP contribution in [0.15, 0.2) is 127 Å². The maximum absolute atomic E-state index is 9.52. The van der Waals surface area contributed by atoms with Gasteiger partial charge in [-0.25, -0.2) is 0 Å². The van der Waals surface area contributed by atoms with Crippen LogP contribution in [0.25, 0.3) is 45.8 Å². The van der Waals surface area contributed by atoms with E-state index in [4.69, 9.17) is 0 Å². The molecule has 41 heavy (non-hydrogen) atoms. The molecule has 0 heterocycles. The summed E-state index contributed by atoms with van der Waals surface area (Å²) >= 11 is 0. The molecule has 0 aliphatic rings. The summed E-state index contributed by atoms with van der Waals surface area (Å²) < 4.78 is 0. The van der Waals surface area contributed by atoms with Gasteiger partial charge in [-0.1, -0.05) is 103 Å². The molecular formula is C38H33NO2. The number of phenolic OH excluding ortho intramolecular Hbond substituents is 2. The van der Waals surface area contributed by atoms with Crippen molar-refractivity contribution in [2.45, 2.75) is 0 Å². The summed E-state index contributed by atoms with van der Waals surface area (Å²) in [6.45, 7) is 0. The lowest BCUT2D eigenvalue weighted by Crippen LogP contribution is -2.07. The summed E-state index contributed by atoms with van der Waals surface area (Å²) in [7, 11) is 4.06. The molecule has 6 rings (SSSR count). The number of rotatable bonds is 5. The lowest BCUT2D eigenvalue weighted by atomic mass is 10.0. The molecule has 0 atom stereocenters. The number of phenols is 2. The van der Waals surface area contributed by atoms with Crippen LogP contribution in [0.3, 0.4) is 0 Å². The average molecular weight is 536 g/mol. The Morgan fingerprint density at radius 1 is 0.415 bits per heavy atom. The van der Waals surface area contributed by atoms with Gasteiger partial charge in [0, 0.05) is 19.8 Å². The minimum Gasteiger partial charge on any atom is -0.508 e. The van der Waals surface area contributed by atoms with Crippen LogP contribution in [0, 0.1) is 0 Å². The molecule has 3 heteroatoms. The van der Waals surface area contributed by atoms with Gasteiger partial charge in [-0.05, 0) is 92.3 Å². The van der Waals surface area contributed by atoms with Crippen molar-refractivity contribution in [2.75, 3.05) is 19.0 Å². The van der Waals surface area contributed by atoms with Crippen LogP contribution in [-0.2, 0) is 0 Å². The van der Waals surface area contributed by atoms with Gasteiger partial charge in [-0.3, -0.25) is 0 Å². The molecule has 3 nitrogen and oxygen atoms in total. The Morgan fingerprint density at radius 3 is 1.44 bits per heavy atom. The first-order chi connectivity index (χ1) is 19.9. The van der Waals surface area contributed by atoms with Crippen LogP contribution in [0.1, 0.15) is 22.3 Å². The van der Waals surface area contributed by atoms with Crippen molar-refractivity contribution in [2.24, 2.45) is 0 Å². The van der Waals surface area contributed by atoms with Crippen molar-refractivity contribution in [3.05, 3.63) is 150 Å². The fourth-order valence-electron chi connectivity index (χ4n) is 4.52. The minimum absolute atomic E-state index is 0.294. The third-order valence-electron chi connectivity index (χ3n) is 6.86. The van der Waals surface area contributed by atoms with Crippen LogP contribution in [0.5, 0.6) is 11.5 Å². The molecular weight excluding hydrogens is 502 g/mol. The molecule has 0 saturated heterocycles. The molecule has 2 N–H and O–H groups in total. The van der Waals surface area contributed by atoms with E-state index in [1.165, 1.54) is 22.0 Å². The quantitative estimate of drug-likeness (QED) is 0.216. The van der Waals surface area contributed by atoms with Gasteiger partial charge in [0.05, 0.1) is 0 Å². The van der Waals surface area contributed by atoms with Crippen LogP contribution < -0.4 is 4.90 Å². The van der Waals surface area contributed by atoms with E-state index in [0.29, 0.717) is 11.5 Å². The zero-order chi connectivity index (χ0) is 28.6. The van der Waals surface area contributed by atoms with Crippen molar-refractivity contribution in [3.63, 3.8) is 0 Å². The maximum Gasteiger partial charge on any atom is 0.116 e. The second-order valence-electron chi connectivity index (χ2n) is 10.1. The molecule has 0 amide bonds. The highest BCUT2D eigenvalue weighted by atomic mass is 16.3. The molecule has 0 saturated carbocycles. The monoisotopic (exact) mass is 535 g/mol. The van der Waals surface area contributed by atoms with E-state index in [9.17, 15) is 10.2 Å². The second kappa shape index (κ2) is 12.7. The number of nitrogens with zero attached hydrogens (tertiary/aromatic N) is 1. The van der Waals surface area contributed by atoms with Gasteiger partial charge in [-0.15, -0.1) is 0 Å². The molecule has 0 unspecified atom stereocenters.